The molecular formula is C25H31N3O3. The van der Waals surface area contributed by atoms with Crippen LogP contribution in [0.4, 0.5) is 5.69 Å². The summed E-state index contributed by atoms with van der Waals surface area (Å²) in [6.07, 6.45) is 2.94. The smallest absolute Gasteiger partial charge is 0.227 e. The van der Waals surface area contributed by atoms with Crippen molar-refractivity contribution in [3.63, 3.8) is 0 Å². The normalized spacial score (nSPS) is 17.6. The molecule has 2 amide bonds. The fraction of sp³-hybridized carbons (Fsp3) is 0.440. The molecule has 2 aliphatic heterocycles. The molecule has 0 N–H and O–H groups in total. The van der Waals surface area contributed by atoms with E-state index in [1.807, 2.05) is 46.2 Å². The van der Waals surface area contributed by atoms with Crippen molar-refractivity contribution in [2.45, 2.75) is 32.2 Å². The Morgan fingerprint density at radius 1 is 0.871 bits per heavy atom. The first-order valence-electron chi connectivity index (χ1n) is 11.1. The van der Waals surface area contributed by atoms with E-state index in [-0.39, 0.29) is 11.8 Å². The van der Waals surface area contributed by atoms with E-state index in [1.165, 1.54) is 5.56 Å². The van der Waals surface area contributed by atoms with Gasteiger partial charge in [-0.15, -0.1) is 0 Å². The lowest BCUT2D eigenvalue weighted by Crippen LogP contribution is -2.36. The standard InChI is InChI=1S/C25H31N3O3/c1-31-23-11-7-21(8-12-23)19-26-13-3-14-27(17-16-26)25(30)18-20-5-9-22(10-6-20)28-15-2-4-24(28)29/h5-12H,2-4,13-19H2,1H3. The van der Waals surface area contributed by atoms with Gasteiger partial charge in [0.25, 0.3) is 0 Å². The fourth-order valence-electron chi connectivity index (χ4n) is 4.37. The number of rotatable bonds is 6. The summed E-state index contributed by atoms with van der Waals surface area (Å²) in [5.74, 6) is 1.24. The van der Waals surface area contributed by atoms with E-state index in [0.29, 0.717) is 12.8 Å². The van der Waals surface area contributed by atoms with Gasteiger partial charge in [-0.3, -0.25) is 14.5 Å². The second kappa shape index (κ2) is 9.96. The first kappa shape index (κ1) is 21.4. The van der Waals surface area contributed by atoms with Crippen molar-refractivity contribution in [2.24, 2.45) is 0 Å². The first-order chi connectivity index (χ1) is 15.1. The summed E-state index contributed by atoms with van der Waals surface area (Å²) < 4.78 is 5.23. The number of benzene rings is 2. The lowest BCUT2D eigenvalue weighted by atomic mass is 10.1. The average Bonchev–Trinajstić information content (AvgIpc) is 3.08. The zero-order valence-electron chi connectivity index (χ0n) is 18.3. The number of nitrogens with zero attached hydrogens (tertiary/aromatic N) is 3. The molecule has 2 aromatic rings. The van der Waals surface area contributed by atoms with E-state index < -0.39 is 0 Å². The van der Waals surface area contributed by atoms with Gasteiger partial charge in [0, 0.05) is 51.4 Å². The molecule has 164 valence electrons. The van der Waals surface area contributed by atoms with Gasteiger partial charge >= 0.3 is 0 Å². The molecule has 0 radical (unpaired) electrons. The number of methoxy groups -OCH3 is 1. The molecule has 0 aliphatic carbocycles. The number of amides is 2. The zero-order chi connectivity index (χ0) is 21.6. The van der Waals surface area contributed by atoms with E-state index in [1.54, 1.807) is 7.11 Å². The van der Waals surface area contributed by atoms with Crippen LogP contribution in [-0.4, -0.2) is 61.4 Å². The molecule has 2 aliphatic rings. The van der Waals surface area contributed by atoms with E-state index in [4.69, 9.17) is 4.74 Å². The topological polar surface area (TPSA) is 53.1 Å². The van der Waals surface area contributed by atoms with Crippen LogP contribution in [0.15, 0.2) is 48.5 Å². The van der Waals surface area contributed by atoms with Crippen molar-refractivity contribution >= 4 is 17.5 Å². The molecule has 31 heavy (non-hydrogen) atoms. The quantitative estimate of drug-likeness (QED) is 0.719. The minimum Gasteiger partial charge on any atom is -0.497 e. The highest BCUT2D eigenvalue weighted by molar-refractivity contribution is 5.95. The Morgan fingerprint density at radius 2 is 1.61 bits per heavy atom. The number of hydrogen-bond acceptors (Lipinski definition) is 4. The van der Waals surface area contributed by atoms with Gasteiger partial charge in [0.1, 0.15) is 5.75 Å². The van der Waals surface area contributed by atoms with Crippen LogP contribution in [0.2, 0.25) is 0 Å². The molecule has 0 aromatic heterocycles. The largest absolute Gasteiger partial charge is 0.497 e. The summed E-state index contributed by atoms with van der Waals surface area (Å²) in [7, 11) is 1.68. The summed E-state index contributed by atoms with van der Waals surface area (Å²) >= 11 is 0. The minimum absolute atomic E-state index is 0.177. The highest BCUT2D eigenvalue weighted by atomic mass is 16.5. The zero-order valence-corrected chi connectivity index (χ0v) is 18.3. The third kappa shape index (κ3) is 5.44. The number of anilines is 1. The van der Waals surface area contributed by atoms with Gasteiger partial charge in [0.2, 0.25) is 11.8 Å². The van der Waals surface area contributed by atoms with Crippen LogP contribution < -0.4 is 9.64 Å². The van der Waals surface area contributed by atoms with Crippen LogP contribution in [0.1, 0.15) is 30.4 Å². The van der Waals surface area contributed by atoms with Gasteiger partial charge in [-0.1, -0.05) is 24.3 Å². The maximum atomic E-state index is 12.9. The molecule has 6 heteroatoms. The first-order valence-corrected chi connectivity index (χ1v) is 11.1. The molecule has 0 saturated carbocycles. The maximum absolute atomic E-state index is 12.9. The predicted molar refractivity (Wildman–Crippen MR) is 121 cm³/mol. The van der Waals surface area contributed by atoms with Gasteiger partial charge in [0.05, 0.1) is 13.5 Å². The summed E-state index contributed by atoms with van der Waals surface area (Å²) in [4.78, 5) is 31.0. The van der Waals surface area contributed by atoms with Gasteiger partial charge in [-0.2, -0.15) is 0 Å². The van der Waals surface area contributed by atoms with Crippen molar-refractivity contribution < 1.29 is 14.3 Å². The molecule has 0 spiro atoms. The third-order valence-corrected chi connectivity index (χ3v) is 6.18. The monoisotopic (exact) mass is 421 g/mol. The summed E-state index contributed by atoms with van der Waals surface area (Å²) in [5.41, 5.74) is 3.19. The molecule has 2 saturated heterocycles. The lowest BCUT2D eigenvalue weighted by Gasteiger charge is -2.22. The number of hydrogen-bond donors (Lipinski definition) is 0. The molecule has 4 rings (SSSR count). The molecule has 6 nitrogen and oxygen atoms in total. The van der Waals surface area contributed by atoms with E-state index in [9.17, 15) is 9.59 Å². The Balaban J connectivity index is 1.28. The SMILES string of the molecule is COc1ccc(CN2CCCN(C(=O)Cc3ccc(N4CCCC4=O)cc3)CC2)cc1. The molecule has 2 heterocycles. The van der Waals surface area contributed by atoms with Crippen LogP contribution in [0.3, 0.4) is 0 Å². The fourth-order valence-corrected chi connectivity index (χ4v) is 4.37. The minimum atomic E-state index is 0.177. The number of carbonyl (C=O) groups excluding carboxylic acids is 2. The van der Waals surface area contributed by atoms with Crippen LogP contribution in [0.5, 0.6) is 5.75 Å². The van der Waals surface area contributed by atoms with Crippen LogP contribution >= 0.6 is 0 Å². The Morgan fingerprint density at radius 3 is 2.29 bits per heavy atom. The van der Waals surface area contributed by atoms with E-state index in [2.05, 4.69) is 17.0 Å². The van der Waals surface area contributed by atoms with Crippen molar-refractivity contribution in [3.05, 3.63) is 59.7 Å². The Hall–Kier alpha value is -2.86. The lowest BCUT2D eigenvalue weighted by molar-refractivity contribution is -0.130. The van der Waals surface area contributed by atoms with Gasteiger partial charge in [0.15, 0.2) is 0 Å². The van der Waals surface area contributed by atoms with Crippen molar-refractivity contribution in [1.29, 1.82) is 0 Å². The molecule has 2 fully saturated rings. The number of carbonyl (C=O) groups is 2. The Kier molecular flexibility index (Phi) is 6.87. The van der Waals surface area contributed by atoms with E-state index >= 15 is 0 Å². The Labute approximate surface area is 184 Å². The molecule has 0 atom stereocenters. The highest BCUT2D eigenvalue weighted by Gasteiger charge is 2.22. The maximum Gasteiger partial charge on any atom is 0.227 e. The van der Waals surface area contributed by atoms with Crippen molar-refractivity contribution in [3.8, 4) is 5.75 Å². The summed E-state index contributed by atoms with van der Waals surface area (Å²) in [6.45, 7) is 5.12. The van der Waals surface area contributed by atoms with Gasteiger partial charge in [-0.05, 0) is 48.2 Å². The number of ether oxygens (including phenoxy) is 1. The van der Waals surface area contributed by atoms with Crippen LogP contribution in [0, 0.1) is 0 Å². The molecule has 0 bridgehead atoms. The van der Waals surface area contributed by atoms with Gasteiger partial charge in [-0.25, -0.2) is 0 Å². The molecule has 0 unspecified atom stereocenters. The molecule has 2 aromatic carbocycles. The molecular weight excluding hydrogens is 390 g/mol. The average molecular weight is 422 g/mol. The van der Waals surface area contributed by atoms with Crippen LogP contribution in [0.25, 0.3) is 0 Å². The van der Waals surface area contributed by atoms with E-state index in [0.717, 1.165) is 69.1 Å². The third-order valence-electron chi connectivity index (χ3n) is 6.18. The van der Waals surface area contributed by atoms with Crippen molar-refractivity contribution in [1.82, 2.24) is 9.80 Å². The van der Waals surface area contributed by atoms with Crippen molar-refractivity contribution in [2.75, 3.05) is 44.7 Å². The van der Waals surface area contributed by atoms with Crippen LogP contribution in [-0.2, 0) is 22.6 Å². The summed E-state index contributed by atoms with van der Waals surface area (Å²) in [5, 5.41) is 0. The predicted octanol–water partition coefficient (Wildman–Crippen LogP) is 3.10. The second-order valence-electron chi connectivity index (χ2n) is 8.35. The van der Waals surface area contributed by atoms with Gasteiger partial charge < -0.3 is 14.5 Å². The summed E-state index contributed by atoms with van der Waals surface area (Å²) in [6, 6.07) is 16.1. The highest BCUT2D eigenvalue weighted by Crippen LogP contribution is 2.22. The Bertz CT molecular complexity index is 895. The second-order valence-corrected chi connectivity index (χ2v) is 8.35.